The second-order valence-corrected chi connectivity index (χ2v) is 6.63. The molecule has 0 radical (unpaired) electrons. The largest absolute Gasteiger partial charge is 0.326 e. The van der Waals surface area contributed by atoms with Crippen LogP contribution in [-0.2, 0) is 6.54 Å². The first-order chi connectivity index (χ1) is 9.20. The van der Waals surface area contributed by atoms with E-state index in [2.05, 4.69) is 34.1 Å². The molecule has 0 amide bonds. The lowest BCUT2D eigenvalue weighted by molar-refractivity contribution is 1.11. The van der Waals surface area contributed by atoms with Crippen molar-refractivity contribution in [3.63, 3.8) is 0 Å². The summed E-state index contributed by atoms with van der Waals surface area (Å²) in [6.07, 6.45) is 0. The van der Waals surface area contributed by atoms with Crippen LogP contribution >= 0.6 is 38.9 Å². The van der Waals surface area contributed by atoms with Crippen LogP contribution in [0.1, 0.15) is 4.88 Å². The minimum atomic E-state index is 0.540. The Hall–Kier alpha value is -0.870. The molecule has 0 bridgehead atoms. The summed E-state index contributed by atoms with van der Waals surface area (Å²) >= 11 is 11.4. The first-order valence-corrected chi connectivity index (χ1v) is 7.85. The lowest BCUT2D eigenvalue weighted by Gasteiger charge is -2.04. The third-order valence-electron chi connectivity index (χ3n) is 3.05. The molecule has 96 valence electrons. The van der Waals surface area contributed by atoms with Crippen LogP contribution in [0.4, 0.5) is 0 Å². The smallest absolute Gasteiger partial charge is 0.0555 e. The number of hydrogen-bond acceptors (Lipinski definition) is 2. The predicted octanol–water partition coefficient (Wildman–Crippen LogP) is 5.44. The normalized spacial score (nSPS) is 11.1. The fourth-order valence-electron chi connectivity index (χ4n) is 2.21. The van der Waals surface area contributed by atoms with Gasteiger partial charge in [-0.3, -0.25) is 0 Å². The van der Waals surface area contributed by atoms with Gasteiger partial charge in [0.25, 0.3) is 0 Å². The van der Waals surface area contributed by atoms with Crippen molar-refractivity contribution in [1.82, 2.24) is 0 Å². The lowest BCUT2D eigenvalue weighted by atomic mass is 10.0. The molecule has 0 aliphatic heterocycles. The molecule has 0 saturated carbocycles. The number of benzene rings is 2. The summed E-state index contributed by atoms with van der Waals surface area (Å²) in [7, 11) is 0. The molecule has 0 aliphatic carbocycles. The van der Waals surface area contributed by atoms with E-state index in [1.54, 1.807) is 11.3 Å². The van der Waals surface area contributed by atoms with Crippen molar-refractivity contribution in [3.8, 4) is 11.1 Å². The maximum atomic E-state index is 6.23. The fourth-order valence-corrected chi connectivity index (χ4v) is 3.99. The second kappa shape index (κ2) is 5.25. The Morgan fingerprint density at radius 3 is 2.58 bits per heavy atom. The van der Waals surface area contributed by atoms with Gasteiger partial charge in [0.2, 0.25) is 0 Å². The van der Waals surface area contributed by atoms with Gasteiger partial charge in [0.15, 0.2) is 0 Å². The predicted molar refractivity (Wildman–Crippen MR) is 87.9 cm³/mol. The van der Waals surface area contributed by atoms with Gasteiger partial charge in [-0.1, -0.05) is 41.9 Å². The molecule has 0 atom stereocenters. The van der Waals surface area contributed by atoms with Crippen molar-refractivity contribution < 1.29 is 0 Å². The number of fused-ring (bicyclic) bond motifs is 1. The van der Waals surface area contributed by atoms with E-state index >= 15 is 0 Å². The summed E-state index contributed by atoms with van der Waals surface area (Å²) < 4.78 is 2.13. The third kappa shape index (κ3) is 2.32. The van der Waals surface area contributed by atoms with Crippen LogP contribution in [0.3, 0.4) is 0 Å². The van der Waals surface area contributed by atoms with Gasteiger partial charge >= 0.3 is 0 Å². The molecule has 3 aromatic rings. The van der Waals surface area contributed by atoms with Gasteiger partial charge in [-0.05, 0) is 33.6 Å². The molecule has 1 aromatic heterocycles. The Labute approximate surface area is 129 Å². The molecule has 3 rings (SSSR count). The summed E-state index contributed by atoms with van der Waals surface area (Å²) in [6.45, 7) is 0.540. The molecular weight excluding hydrogens is 342 g/mol. The number of nitrogens with two attached hydrogens (primary N) is 1. The minimum absolute atomic E-state index is 0.540. The molecule has 1 nitrogen and oxygen atoms in total. The molecule has 0 spiro atoms. The van der Waals surface area contributed by atoms with Crippen molar-refractivity contribution >= 4 is 49.0 Å². The molecule has 19 heavy (non-hydrogen) atoms. The maximum absolute atomic E-state index is 6.23. The molecule has 2 N–H and O–H groups in total. The Kier molecular flexibility index (Phi) is 3.63. The second-order valence-electron chi connectivity index (χ2n) is 4.23. The summed E-state index contributed by atoms with van der Waals surface area (Å²) in [5.41, 5.74) is 8.29. The minimum Gasteiger partial charge on any atom is -0.326 e. The quantitative estimate of drug-likeness (QED) is 0.652. The zero-order chi connectivity index (χ0) is 13.4. The molecule has 1 heterocycles. The van der Waals surface area contributed by atoms with Crippen LogP contribution in [0.5, 0.6) is 0 Å². The SMILES string of the molecule is NCc1sc2cc(Br)c(Cl)cc2c1-c1ccccc1. The molecule has 0 aliphatic rings. The van der Waals surface area contributed by atoms with Crippen LogP contribution in [0.25, 0.3) is 21.2 Å². The van der Waals surface area contributed by atoms with Gasteiger partial charge in [0, 0.05) is 31.5 Å². The van der Waals surface area contributed by atoms with Crippen molar-refractivity contribution in [2.75, 3.05) is 0 Å². The zero-order valence-electron chi connectivity index (χ0n) is 9.99. The van der Waals surface area contributed by atoms with Gasteiger partial charge < -0.3 is 5.73 Å². The highest BCUT2D eigenvalue weighted by Crippen LogP contribution is 2.41. The van der Waals surface area contributed by atoms with E-state index in [9.17, 15) is 0 Å². The van der Waals surface area contributed by atoms with Gasteiger partial charge in [-0.25, -0.2) is 0 Å². The average Bonchev–Trinajstić information content (AvgIpc) is 2.78. The van der Waals surface area contributed by atoms with Gasteiger partial charge in [0.1, 0.15) is 0 Å². The Balaban J connectivity index is 2.36. The van der Waals surface area contributed by atoms with Crippen LogP contribution in [0, 0.1) is 0 Å². The molecule has 4 heteroatoms. The van der Waals surface area contributed by atoms with E-state index in [4.69, 9.17) is 17.3 Å². The fraction of sp³-hybridized carbons (Fsp3) is 0.0667. The number of hydrogen-bond donors (Lipinski definition) is 1. The van der Waals surface area contributed by atoms with Crippen molar-refractivity contribution in [2.45, 2.75) is 6.54 Å². The van der Waals surface area contributed by atoms with E-state index in [1.807, 2.05) is 24.3 Å². The van der Waals surface area contributed by atoms with Gasteiger partial charge in [0.05, 0.1) is 5.02 Å². The van der Waals surface area contributed by atoms with Crippen LogP contribution in [-0.4, -0.2) is 0 Å². The van der Waals surface area contributed by atoms with E-state index < -0.39 is 0 Å². The van der Waals surface area contributed by atoms with Crippen LogP contribution in [0.2, 0.25) is 5.02 Å². The Bertz CT molecular complexity index is 737. The van der Waals surface area contributed by atoms with E-state index in [1.165, 1.54) is 26.1 Å². The van der Waals surface area contributed by atoms with Crippen LogP contribution < -0.4 is 5.73 Å². The van der Waals surface area contributed by atoms with Gasteiger partial charge in [-0.2, -0.15) is 0 Å². The summed E-state index contributed by atoms with van der Waals surface area (Å²) in [4.78, 5) is 1.19. The molecule has 0 fully saturated rings. The van der Waals surface area contributed by atoms with Crippen LogP contribution in [0.15, 0.2) is 46.9 Å². The topological polar surface area (TPSA) is 26.0 Å². The van der Waals surface area contributed by atoms with Gasteiger partial charge in [-0.15, -0.1) is 11.3 Å². The summed E-state index contributed by atoms with van der Waals surface area (Å²) in [5.74, 6) is 0. The molecule has 2 aromatic carbocycles. The highest BCUT2D eigenvalue weighted by molar-refractivity contribution is 9.10. The lowest BCUT2D eigenvalue weighted by Crippen LogP contribution is -1.94. The van der Waals surface area contributed by atoms with Crippen molar-refractivity contribution in [3.05, 3.63) is 56.8 Å². The Morgan fingerprint density at radius 2 is 1.89 bits per heavy atom. The number of rotatable bonds is 2. The van der Waals surface area contributed by atoms with E-state index in [0.29, 0.717) is 6.54 Å². The molecule has 0 unspecified atom stereocenters. The summed E-state index contributed by atoms with van der Waals surface area (Å²) in [5, 5.41) is 1.90. The highest BCUT2D eigenvalue weighted by Gasteiger charge is 2.14. The first-order valence-electron chi connectivity index (χ1n) is 5.86. The van der Waals surface area contributed by atoms with Crippen molar-refractivity contribution in [2.24, 2.45) is 5.73 Å². The third-order valence-corrected chi connectivity index (χ3v) is 5.42. The standard InChI is InChI=1S/C15H11BrClNS/c16-11-7-13-10(6-12(11)17)15(14(8-18)19-13)9-4-2-1-3-5-9/h1-7H,8,18H2. The van der Waals surface area contributed by atoms with Crippen molar-refractivity contribution in [1.29, 1.82) is 0 Å². The monoisotopic (exact) mass is 351 g/mol. The first kappa shape index (κ1) is 13.1. The highest BCUT2D eigenvalue weighted by atomic mass is 79.9. The van der Waals surface area contributed by atoms with E-state index in [-0.39, 0.29) is 0 Å². The average molecular weight is 353 g/mol. The molecule has 0 saturated heterocycles. The van der Waals surface area contributed by atoms with E-state index in [0.717, 1.165) is 9.50 Å². The summed E-state index contributed by atoms with van der Waals surface area (Å²) in [6, 6.07) is 14.4. The number of halogens is 2. The zero-order valence-corrected chi connectivity index (χ0v) is 13.1. The Morgan fingerprint density at radius 1 is 1.16 bits per heavy atom. The molecular formula is C15H11BrClNS. The maximum Gasteiger partial charge on any atom is 0.0555 e. The number of thiophene rings is 1.